The molecule has 0 unspecified atom stereocenters. The van der Waals surface area contributed by atoms with Crippen molar-refractivity contribution in [2.75, 3.05) is 0 Å². The first-order chi connectivity index (χ1) is 15.3. The minimum atomic E-state index is -4.16. The van der Waals surface area contributed by atoms with Gasteiger partial charge in [0.05, 0.1) is 5.52 Å². The van der Waals surface area contributed by atoms with Crippen molar-refractivity contribution >= 4 is 24.3 Å². The zero-order valence-electron chi connectivity index (χ0n) is 18.3. The molecule has 0 spiro atoms. The first kappa shape index (κ1) is 21.7. The lowest BCUT2D eigenvalue weighted by molar-refractivity contribution is 0.382. The number of aryl methyl sites for hydroxylation is 2. The highest BCUT2D eigenvalue weighted by molar-refractivity contribution is 7.53. The Morgan fingerprint density at radius 3 is 1.97 bits per heavy atom. The van der Waals surface area contributed by atoms with E-state index in [1.54, 1.807) is 24.3 Å². The number of hydrogen-bond donors (Lipinski definition) is 2. The highest BCUT2D eigenvalue weighted by atomic mass is 31.2. The summed E-state index contributed by atoms with van der Waals surface area (Å²) in [6.45, 7) is 7.61. The van der Waals surface area contributed by atoms with Crippen LogP contribution in [0.1, 0.15) is 22.3 Å². The second-order valence-corrected chi connectivity index (χ2v) is 9.09. The van der Waals surface area contributed by atoms with Crippen LogP contribution in [0.15, 0.2) is 70.7 Å². The van der Waals surface area contributed by atoms with Gasteiger partial charge in [-0.25, -0.2) is 4.57 Å². The highest BCUT2D eigenvalue weighted by Gasteiger charge is 2.31. The number of aromatic amines is 1. The molecule has 8 heteroatoms. The van der Waals surface area contributed by atoms with Gasteiger partial charge in [0.2, 0.25) is 5.88 Å². The molecule has 0 aliphatic heterocycles. The zero-order chi connectivity index (χ0) is 22.9. The predicted molar refractivity (Wildman–Crippen MR) is 125 cm³/mol. The van der Waals surface area contributed by atoms with Crippen molar-refractivity contribution < 1.29 is 18.7 Å². The van der Waals surface area contributed by atoms with Gasteiger partial charge in [-0.2, -0.15) is 0 Å². The Kier molecular flexibility index (Phi) is 5.76. The van der Waals surface area contributed by atoms with Crippen LogP contribution >= 0.6 is 7.75 Å². The molecule has 2 N–H and O–H groups in total. The number of para-hydroxylation sites is 1. The van der Waals surface area contributed by atoms with Crippen molar-refractivity contribution in [2.45, 2.75) is 27.7 Å². The van der Waals surface area contributed by atoms with Crippen molar-refractivity contribution in [1.29, 1.82) is 0 Å². The fraction of sp³-hybridized carbons (Fsp3) is 0.167. The van der Waals surface area contributed by atoms with Crippen LogP contribution in [-0.2, 0) is 4.57 Å². The molecule has 0 radical (unpaired) electrons. The fourth-order valence-electron chi connectivity index (χ4n) is 3.26. The molecule has 4 aromatic rings. The third-order valence-corrected chi connectivity index (χ3v) is 6.61. The van der Waals surface area contributed by atoms with Crippen LogP contribution in [0.25, 0.3) is 10.9 Å². The number of rotatable bonds is 6. The van der Waals surface area contributed by atoms with Gasteiger partial charge < -0.3 is 19.1 Å². The van der Waals surface area contributed by atoms with E-state index in [0.717, 1.165) is 22.3 Å². The topological polar surface area (TPSA) is 96.3 Å². The van der Waals surface area contributed by atoms with E-state index in [0.29, 0.717) is 22.4 Å². The molecular formula is C24H24N3O4P. The van der Waals surface area contributed by atoms with Gasteiger partial charge in [0, 0.05) is 5.39 Å². The molecule has 7 nitrogen and oxygen atoms in total. The lowest BCUT2D eigenvalue weighted by Crippen LogP contribution is -2.02. The molecule has 0 saturated carbocycles. The van der Waals surface area contributed by atoms with Gasteiger partial charge in [0.1, 0.15) is 11.5 Å². The fourth-order valence-corrected chi connectivity index (χ4v) is 4.47. The molecule has 4 rings (SSSR count). The quantitative estimate of drug-likeness (QED) is 0.236. The lowest BCUT2D eigenvalue weighted by atomic mass is 10.1. The molecule has 1 heterocycles. The summed E-state index contributed by atoms with van der Waals surface area (Å²) in [6.07, 6.45) is 0. The van der Waals surface area contributed by atoms with Crippen LogP contribution in [0.4, 0.5) is 5.69 Å². The van der Waals surface area contributed by atoms with Crippen molar-refractivity contribution in [3.63, 3.8) is 0 Å². The van der Waals surface area contributed by atoms with E-state index < -0.39 is 7.75 Å². The van der Waals surface area contributed by atoms with E-state index in [1.165, 1.54) is 0 Å². The monoisotopic (exact) mass is 449 g/mol. The molecular weight excluding hydrogens is 425 g/mol. The summed E-state index contributed by atoms with van der Waals surface area (Å²) in [5, 5.41) is 15.0. The SMILES string of the molecule is Cc1cccc(OP(=O)(N=Nc2c(O)[nH]c3ccccc23)Oc2cccc(C)c2C)c1C. The van der Waals surface area contributed by atoms with Gasteiger partial charge in [-0.05, 0) is 68.1 Å². The number of aromatic nitrogens is 1. The maximum atomic E-state index is 13.8. The molecule has 0 aliphatic rings. The highest BCUT2D eigenvalue weighted by Crippen LogP contribution is 2.53. The first-order valence-electron chi connectivity index (χ1n) is 10.1. The standard InChI is InChI=1S/C24H24N3O4P/c1-15-9-7-13-21(17(15)3)30-32(29,31-22-14-8-10-16(2)18(22)4)27-26-23-19-11-5-6-12-20(19)25-24(23)28/h5-14,25,28H,1-4H3. The Labute approximate surface area is 186 Å². The largest absolute Gasteiger partial charge is 0.582 e. The summed E-state index contributed by atoms with van der Waals surface area (Å²) in [6, 6.07) is 18.1. The summed E-state index contributed by atoms with van der Waals surface area (Å²) >= 11 is 0. The number of benzene rings is 3. The molecule has 0 fully saturated rings. The molecule has 0 bridgehead atoms. The first-order valence-corrected chi connectivity index (χ1v) is 11.6. The lowest BCUT2D eigenvalue weighted by Gasteiger charge is -2.18. The van der Waals surface area contributed by atoms with Gasteiger partial charge in [0.25, 0.3) is 0 Å². The smallest absolute Gasteiger partial charge is 0.493 e. The average molecular weight is 449 g/mol. The van der Waals surface area contributed by atoms with Crippen LogP contribution < -0.4 is 9.05 Å². The van der Waals surface area contributed by atoms with Gasteiger partial charge in [-0.15, -0.1) is 5.11 Å². The van der Waals surface area contributed by atoms with Gasteiger partial charge in [0.15, 0.2) is 5.69 Å². The average Bonchev–Trinajstić information content (AvgIpc) is 3.08. The third-order valence-electron chi connectivity index (χ3n) is 5.45. The van der Waals surface area contributed by atoms with Gasteiger partial charge in [-0.1, -0.05) is 47.3 Å². The summed E-state index contributed by atoms with van der Waals surface area (Å²) in [5.41, 5.74) is 4.44. The summed E-state index contributed by atoms with van der Waals surface area (Å²) in [7, 11) is -4.16. The number of H-pyrrole nitrogens is 1. The maximum Gasteiger partial charge on any atom is 0.582 e. The number of hydrogen-bond acceptors (Lipinski definition) is 5. The number of nitrogens with one attached hydrogen (secondary N) is 1. The predicted octanol–water partition coefficient (Wildman–Crippen LogP) is 7.46. The van der Waals surface area contributed by atoms with Crippen molar-refractivity contribution in [1.82, 2.24) is 4.98 Å². The third kappa shape index (κ3) is 4.25. The van der Waals surface area contributed by atoms with E-state index in [2.05, 4.69) is 15.0 Å². The van der Waals surface area contributed by atoms with Crippen LogP contribution in [0.5, 0.6) is 17.4 Å². The van der Waals surface area contributed by atoms with Crippen LogP contribution in [0, 0.1) is 27.7 Å². The van der Waals surface area contributed by atoms with Gasteiger partial charge >= 0.3 is 7.75 Å². The van der Waals surface area contributed by atoms with Crippen molar-refractivity contribution in [3.05, 3.63) is 82.9 Å². The molecule has 3 aromatic carbocycles. The summed E-state index contributed by atoms with van der Waals surface area (Å²) < 4.78 is 25.5. The summed E-state index contributed by atoms with van der Waals surface area (Å²) in [5.74, 6) is 0.599. The van der Waals surface area contributed by atoms with Gasteiger partial charge in [-0.3, -0.25) is 0 Å². The van der Waals surface area contributed by atoms with E-state index >= 15 is 0 Å². The van der Waals surface area contributed by atoms with Crippen LogP contribution in [-0.4, -0.2) is 10.1 Å². The Hall–Kier alpha value is -3.57. The number of fused-ring (bicyclic) bond motifs is 1. The second kappa shape index (κ2) is 8.52. The Bertz CT molecular complexity index is 1320. The molecule has 0 saturated heterocycles. The van der Waals surface area contributed by atoms with E-state index in [1.807, 2.05) is 64.1 Å². The number of nitrogens with zero attached hydrogens (tertiary/aromatic N) is 2. The Morgan fingerprint density at radius 1 is 0.812 bits per heavy atom. The van der Waals surface area contributed by atoms with Crippen molar-refractivity contribution in [3.8, 4) is 17.4 Å². The molecule has 32 heavy (non-hydrogen) atoms. The van der Waals surface area contributed by atoms with Crippen LogP contribution in [0.2, 0.25) is 0 Å². The Morgan fingerprint density at radius 2 is 1.38 bits per heavy atom. The molecule has 0 aliphatic carbocycles. The number of aromatic hydroxyl groups is 1. The molecule has 1 aromatic heterocycles. The molecule has 0 atom stereocenters. The Balaban J connectivity index is 1.78. The molecule has 0 amide bonds. The van der Waals surface area contributed by atoms with E-state index in [-0.39, 0.29) is 11.6 Å². The normalized spacial score (nSPS) is 11.9. The zero-order valence-corrected chi connectivity index (χ0v) is 19.2. The summed E-state index contributed by atoms with van der Waals surface area (Å²) in [4.78, 5) is 6.82. The maximum absolute atomic E-state index is 13.8. The van der Waals surface area contributed by atoms with E-state index in [9.17, 15) is 9.67 Å². The minimum absolute atomic E-state index is 0.162. The van der Waals surface area contributed by atoms with Crippen molar-refractivity contribution in [2.24, 2.45) is 10.00 Å². The molecule has 164 valence electrons. The minimum Gasteiger partial charge on any atom is -0.493 e. The van der Waals surface area contributed by atoms with Crippen LogP contribution in [0.3, 0.4) is 0 Å². The van der Waals surface area contributed by atoms with E-state index in [4.69, 9.17) is 9.05 Å². The second-order valence-electron chi connectivity index (χ2n) is 7.60.